The summed E-state index contributed by atoms with van der Waals surface area (Å²) in [7, 11) is 0. The summed E-state index contributed by atoms with van der Waals surface area (Å²) in [6, 6.07) is 19.6. The second-order valence-corrected chi connectivity index (χ2v) is 6.20. The number of nitriles is 1. The van der Waals surface area contributed by atoms with Crippen LogP contribution in [0.3, 0.4) is 0 Å². The molecule has 4 heteroatoms. The van der Waals surface area contributed by atoms with Crippen molar-refractivity contribution in [2.75, 3.05) is 5.32 Å². The number of carbonyl (C=O) groups excluding carboxylic acids is 1. The lowest BCUT2D eigenvalue weighted by Gasteiger charge is -2.26. The number of nitrogens with zero attached hydrogens (tertiary/aromatic N) is 2. The maximum absolute atomic E-state index is 12.8. The zero-order valence-corrected chi connectivity index (χ0v) is 14.9. The van der Waals surface area contributed by atoms with Gasteiger partial charge in [-0.15, -0.1) is 0 Å². The average Bonchev–Trinajstić information content (AvgIpc) is 2.60. The van der Waals surface area contributed by atoms with E-state index in [4.69, 9.17) is 0 Å². The lowest BCUT2D eigenvalue weighted by atomic mass is 10.1. The number of hydrogen-bond acceptors (Lipinski definition) is 3. The molecule has 0 aliphatic rings. The van der Waals surface area contributed by atoms with Gasteiger partial charge in [0.1, 0.15) is 11.6 Å². The number of amides is 1. The van der Waals surface area contributed by atoms with E-state index in [0.29, 0.717) is 6.54 Å². The van der Waals surface area contributed by atoms with E-state index in [1.807, 2.05) is 81.4 Å². The van der Waals surface area contributed by atoms with Gasteiger partial charge in [-0.25, -0.2) is 0 Å². The molecule has 0 aliphatic heterocycles. The van der Waals surface area contributed by atoms with E-state index < -0.39 is 0 Å². The number of rotatable bonds is 6. The maximum Gasteiger partial charge on any atom is 0.266 e. The minimum atomic E-state index is -0.276. The molecule has 0 bridgehead atoms. The first kappa shape index (κ1) is 18.3. The zero-order valence-electron chi connectivity index (χ0n) is 14.9. The van der Waals surface area contributed by atoms with Crippen LogP contribution in [0.25, 0.3) is 0 Å². The lowest BCUT2D eigenvalue weighted by Crippen LogP contribution is -2.37. The Morgan fingerprint density at radius 1 is 1.20 bits per heavy atom. The Morgan fingerprint density at radius 3 is 2.52 bits per heavy atom. The van der Waals surface area contributed by atoms with Gasteiger partial charge >= 0.3 is 0 Å². The Labute approximate surface area is 149 Å². The molecule has 2 aromatic rings. The highest BCUT2D eigenvalue weighted by atomic mass is 16.2. The van der Waals surface area contributed by atoms with Gasteiger partial charge in [-0.2, -0.15) is 5.26 Å². The normalized spacial score (nSPS) is 11.1. The predicted octanol–water partition coefficient (Wildman–Crippen LogP) is 4.25. The molecule has 25 heavy (non-hydrogen) atoms. The van der Waals surface area contributed by atoms with Crippen LogP contribution in [-0.2, 0) is 11.3 Å². The molecule has 0 unspecified atom stereocenters. The van der Waals surface area contributed by atoms with E-state index in [9.17, 15) is 10.1 Å². The van der Waals surface area contributed by atoms with Gasteiger partial charge in [0.25, 0.3) is 5.91 Å². The SMILES string of the molecule is Cc1cccc(N/C=C(/C#N)C(=O)N(Cc2ccccc2)C(C)C)c1. The van der Waals surface area contributed by atoms with Crippen molar-refractivity contribution < 1.29 is 4.79 Å². The highest BCUT2D eigenvalue weighted by Crippen LogP contribution is 2.14. The summed E-state index contributed by atoms with van der Waals surface area (Å²) in [6.45, 7) is 6.36. The summed E-state index contributed by atoms with van der Waals surface area (Å²) < 4.78 is 0. The van der Waals surface area contributed by atoms with Crippen molar-refractivity contribution >= 4 is 11.6 Å². The van der Waals surface area contributed by atoms with E-state index in [2.05, 4.69) is 5.32 Å². The van der Waals surface area contributed by atoms with E-state index >= 15 is 0 Å². The fourth-order valence-corrected chi connectivity index (χ4v) is 2.46. The molecule has 0 heterocycles. The minimum Gasteiger partial charge on any atom is -0.360 e. The van der Waals surface area contributed by atoms with Crippen LogP contribution >= 0.6 is 0 Å². The van der Waals surface area contributed by atoms with Crippen molar-refractivity contribution in [2.45, 2.75) is 33.4 Å². The number of nitrogens with one attached hydrogen (secondary N) is 1. The highest BCUT2D eigenvalue weighted by molar-refractivity contribution is 5.97. The molecule has 2 aromatic carbocycles. The molecular weight excluding hydrogens is 310 g/mol. The molecule has 0 fully saturated rings. The zero-order chi connectivity index (χ0) is 18.2. The molecule has 0 aromatic heterocycles. The standard InChI is InChI=1S/C21H23N3O/c1-16(2)24(15-18-9-5-4-6-10-18)21(25)19(13-22)14-23-20-11-7-8-17(3)12-20/h4-12,14,16,23H,15H2,1-3H3/b19-14-. The molecule has 0 spiro atoms. The molecule has 128 valence electrons. The van der Waals surface area contributed by atoms with Crippen LogP contribution in [0.4, 0.5) is 5.69 Å². The Morgan fingerprint density at radius 2 is 1.92 bits per heavy atom. The third-order valence-corrected chi connectivity index (χ3v) is 3.83. The molecule has 0 saturated heterocycles. The van der Waals surface area contributed by atoms with E-state index in [1.54, 1.807) is 4.90 Å². The highest BCUT2D eigenvalue weighted by Gasteiger charge is 2.21. The summed E-state index contributed by atoms with van der Waals surface area (Å²) in [5.74, 6) is -0.276. The van der Waals surface area contributed by atoms with Crippen LogP contribution in [0.5, 0.6) is 0 Å². The summed E-state index contributed by atoms with van der Waals surface area (Å²) >= 11 is 0. The van der Waals surface area contributed by atoms with Crippen molar-refractivity contribution in [1.29, 1.82) is 5.26 Å². The van der Waals surface area contributed by atoms with Gasteiger partial charge in [0.15, 0.2) is 0 Å². The van der Waals surface area contributed by atoms with Crippen molar-refractivity contribution in [3.63, 3.8) is 0 Å². The molecule has 0 saturated carbocycles. The van der Waals surface area contributed by atoms with Crippen molar-refractivity contribution in [3.05, 3.63) is 77.5 Å². The Hall–Kier alpha value is -3.06. The van der Waals surface area contributed by atoms with E-state index in [0.717, 1.165) is 16.8 Å². The fraction of sp³-hybridized carbons (Fsp3) is 0.238. The van der Waals surface area contributed by atoms with Crippen LogP contribution < -0.4 is 5.32 Å². The lowest BCUT2D eigenvalue weighted by molar-refractivity contribution is -0.129. The maximum atomic E-state index is 12.8. The van der Waals surface area contributed by atoms with Gasteiger partial charge < -0.3 is 10.2 Å². The van der Waals surface area contributed by atoms with Gasteiger partial charge in [0.05, 0.1) is 0 Å². The second-order valence-electron chi connectivity index (χ2n) is 6.20. The molecule has 1 N–H and O–H groups in total. The van der Waals surface area contributed by atoms with E-state index in [-0.39, 0.29) is 17.5 Å². The van der Waals surface area contributed by atoms with Crippen LogP contribution in [0, 0.1) is 18.3 Å². The van der Waals surface area contributed by atoms with Crippen LogP contribution in [0.1, 0.15) is 25.0 Å². The first-order valence-electron chi connectivity index (χ1n) is 8.29. The van der Waals surface area contributed by atoms with Crippen LogP contribution in [-0.4, -0.2) is 16.8 Å². The van der Waals surface area contributed by atoms with Gasteiger partial charge in [0.2, 0.25) is 0 Å². The summed E-state index contributed by atoms with van der Waals surface area (Å²) in [4.78, 5) is 14.5. The van der Waals surface area contributed by atoms with Crippen molar-refractivity contribution in [1.82, 2.24) is 4.90 Å². The monoisotopic (exact) mass is 333 g/mol. The molecule has 0 aliphatic carbocycles. The largest absolute Gasteiger partial charge is 0.360 e. The van der Waals surface area contributed by atoms with Crippen LogP contribution in [0.2, 0.25) is 0 Å². The summed E-state index contributed by atoms with van der Waals surface area (Å²) in [5.41, 5.74) is 3.08. The number of aryl methyl sites for hydroxylation is 1. The predicted molar refractivity (Wildman–Crippen MR) is 101 cm³/mol. The van der Waals surface area contributed by atoms with Gasteiger partial charge in [-0.3, -0.25) is 4.79 Å². The van der Waals surface area contributed by atoms with Gasteiger partial charge in [-0.1, -0.05) is 42.5 Å². The molecule has 0 atom stereocenters. The molecule has 4 nitrogen and oxygen atoms in total. The molecule has 2 rings (SSSR count). The topological polar surface area (TPSA) is 56.1 Å². The number of benzene rings is 2. The Bertz CT molecular complexity index is 788. The van der Waals surface area contributed by atoms with Gasteiger partial charge in [0, 0.05) is 24.5 Å². The average molecular weight is 333 g/mol. The minimum absolute atomic E-state index is 0.0107. The summed E-state index contributed by atoms with van der Waals surface area (Å²) in [5, 5.41) is 12.5. The van der Waals surface area contributed by atoms with Crippen molar-refractivity contribution in [3.8, 4) is 6.07 Å². The van der Waals surface area contributed by atoms with Gasteiger partial charge in [-0.05, 0) is 44.0 Å². The van der Waals surface area contributed by atoms with Crippen LogP contribution in [0.15, 0.2) is 66.4 Å². The van der Waals surface area contributed by atoms with Crippen molar-refractivity contribution in [2.24, 2.45) is 0 Å². The molecular formula is C21H23N3O. The Kier molecular flexibility index (Phi) is 6.36. The number of anilines is 1. The first-order chi connectivity index (χ1) is 12.0. The van der Waals surface area contributed by atoms with E-state index in [1.165, 1.54) is 6.20 Å². The smallest absolute Gasteiger partial charge is 0.266 e. The number of carbonyl (C=O) groups is 1. The quantitative estimate of drug-likeness (QED) is 0.635. The first-order valence-corrected chi connectivity index (χ1v) is 8.29. The fourth-order valence-electron chi connectivity index (χ4n) is 2.46. The third kappa shape index (κ3) is 5.22. The Balaban J connectivity index is 2.17. The second kappa shape index (κ2) is 8.70. The molecule has 1 amide bonds. The molecule has 0 radical (unpaired) electrons. The number of hydrogen-bond donors (Lipinski definition) is 1. The summed E-state index contributed by atoms with van der Waals surface area (Å²) in [6.07, 6.45) is 1.48. The third-order valence-electron chi connectivity index (χ3n) is 3.83.